The number of amides is 3. The molecule has 0 bridgehead atoms. The van der Waals surface area contributed by atoms with Gasteiger partial charge in [0.2, 0.25) is 5.91 Å². The van der Waals surface area contributed by atoms with E-state index in [1.807, 2.05) is 30.3 Å². The van der Waals surface area contributed by atoms with Gasteiger partial charge in [-0.05, 0) is 54.5 Å². The Balaban J connectivity index is 1.31. The number of thiophene rings is 1. The number of carbonyl (C=O) groups is 4. The van der Waals surface area contributed by atoms with Gasteiger partial charge in [-0.2, -0.15) is 0 Å². The molecule has 2 aliphatic heterocycles. The fourth-order valence-electron chi connectivity index (χ4n) is 4.25. The molecule has 1 atom stereocenters. The van der Waals surface area contributed by atoms with Crippen LogP contribution in [0.4, 0.5) is 0 Å². The molecule has 5 rings (SSSR count). The molecule has 1 N–H and O–H groups in total. The van der Waals surface area contributed by atoms with Crippen molar-refractivity contribution in [3.8, 4) is 0 Å². The highest BCUT2D eigenvalue weighted by Gasteiger charge is 2.43. The molecule has 1 saturated heterocycles. The number of hydrogen-bond acceptors (Lipinski definition) is 5. The van der Waals surface area contributed by atoms with Crippen LogP contribution < -0.4 is 5.32 Å². The van der Waals surface area contributed by atoms with Crippen molar-refractivity contribution in [1.29, 1.82) is 0 Å². The molecule has 0 radical (unpaired) electrons. The van der Waals surface area contributed by atoms with Gasteiger partial charge in [0.1, 0.15) is 6.04 Å². The number of benzene rings is 2. The molecule has 2 aliphatic rings. The van der Waals surface area contributed by atoms with E-state index < -0.39 is 17.9 Å². The molecular formula is C25H20N2O4S. The second kappa shape index (κ2) is 7.84. The van der Waals surface area contributed by atoms with Gasteiger partial charge >= 0.3 is 0 Å². The lowest BCUT2D eigenvalue weighted by atomic mass is 10.0. The zero-order valence-electron chi connectivity index (χ0n) is 17.2. The fraction of sp³-hybridized carbons (Fsp3) is 0.200. The molecule has 32 heavy (non-hydrogen) atoms. The number of hydrogen-bond donors (Lipinski definition) is 1. The lowest BCUT2D eigenvalue weighted by Crippen LogP contribution is -2.51. The number of allylic oxidation sites excluding steroid dienone is 1. The van der Waals surface area contributed by atoms with E-state index in [4.69, 9.17) is 0 Å². The number of nitrogens with zero attached hydrogens (tertiary/aromatic N) is 1. The molecule has 1 aromatic heterocycles. The van der Waals surface area contributed by atoms with Crippen molar-refractivity contribution in [2.45, 2.75) is 31.7 Å². The van der Waals surface area contributed by atoms with Crippen LogP contribution in [0.1, 0.15) is 55.2 Å². The van der Waals surface area contributed by atoms with Crippen molar-refractivity contribution in [3.05, 3.63) is 82.4 Å². The summed E-state index contributed by atoms with van der Waals surface area (Å²) in [5.74, 6) is -1.25. The zero-order valence-corrected chi connectivity index (χ0v) is 18.0. The summed E-state index contributed by atoms with van der Waals surface area (Å²) in [6.07, 6.45) is 1.66. The van der Waals surface area contributed by atoms with Crippen LogP contribution in [0, 0.1) is 0 Å². The number of Topliss-reactive ketones (excluding diaryl/α,β-unsaturated/α-hetero) is 1. The van der Waals surface area contributed by atoms with Crippen LogP contribution in [0.5, 0.6) is 0 Å². The van der Waals surface area contributed by atoms with Gasteiger partial charge in [-0.25, -0.2) is 0 Å². The third-order valence-electron chi connectivity index (χ3n) is 5.96. The van der Waals surface area contributed by atoms with Crippen LogP contribution >= 0.6 is 11.3 Å². The number of rotatable bonds is 5. The summed E-state index contributed by atoms with van der Waals surface area (Å²) < 4.78 is 1.08. The average molecular weight is 445 g/mol. The highest BCUT2D eigenvalue weighted by molar-refractivity contribution is 7.20. The molecular weight excluding hydrogens is 424 g/mol. The highest BCUT2D eigenvalue weighted by Crippen LogP contribution is 2.30. The molecule has 0 aliphatic carbocycles. The van der Waals surface area contributed by atoms with Crippen molar-refractivity contribution in [2.75, 3.05) is 0 Å². The number of ketones is 1. The summed E-state index contributed by atoms with van der Waals surface area (Å²) in [4.78, 5) is 52.6. The van der Waals surface area contributed by atoms with E-state index in [-0.39, 0.29) is 11.7 Å². The van der Waals surface area contributed by atoms with Gasteiger partial charge in [0, 0.05) is 16.8 Å². The largest absolute Gasteiger partial charge is 0.329 e. The number of carbonyl (C=O) groups excluding carboxylic acids is 4. The molecule has 1 fully saturated rings. The van der Waals surface area contributed by atoms with E-state index in [1.165, 1.54) is 11.3 Å². The van der Waals surface area contributed by atoms with Crippen LogP contribution in [-0.2, 0) is 11.2 Å². The Morgan fingerprint density at radius 1 is 1.06 bits per heavy atom. The second-order valence-electron chi connectivity index (χ2n) is 8.08. The van der Waals surface area contributed by atoms with Gasteiger partial charge in [0.15, 0.2) is 5.78 Å². The molecule has 0 spiro atoms. The van der Waals surface area contributed by atoms with E-state index in [2.05, 4.69) is 11.9 Å². The monoisotopic (exact) mass is 444 g/mol. The summed E-state index contributed by atoms with van der Waals surface area (Å²) in [6.45, 7) is 3.74. The smallest absolute Gasteiger partial charge is 0.262 e. The van der Waals surface area contributed by atoms with Gasteiger partial charge < -0.3 is 5.32 Å². The Kier molecular flexibility index (Phi) is 4.98. The van der Waals surface area contributed by atoms with Gasteiger partial charge in [0.25, 0.3) is 11.8 Å². The minimum absolute atomic E-state index is 0.0508. The minimum atomic E-state index is -0.828. The van der Waals surface area contributed by atoms with Gasteiger partial charge in [0.05, 0.1) is 16.0 Å². The first kappa shape index (κ1) is 20.3. The Labute approximate surface area is 188 Å². The molecule has 7 heteroatoms. The molecule has 2 aromatic carbocycles. The predicted molar refractivity (Wildman–Crippen MR) is 122 cm³/mol. The first-order chi connectivity index (χ1) is 15.4. The van der Waals surface area contributed by atoms with E-state index in [0.717, 1.165) is 25.4 Å². The van der Waals surface area contributed by atoms with E-state index in [1.54, 1.807) is 18.2 Å². The topological polar surface area (TPSA) is 83.6 Å². The first-order valence-electron chi connectivity index (χ1n) is 10.4. The lowest BCUT2D eigenvalue weighted by molar-refractivity contribution is -0.125. The minimum Gasteiger partial charge on any atom is -0.329 e. The first-order valence-corrected chi connectivity index (χ1v) is 11.3. The van der Waals surface area contributed by atoms with Crippen LogP contribution in [-0.4, -0.2) is 34.4 Å². The third kappa shape index (κ3) is 3.44. The maximum absolute atomic E-state index is 13.0. The van der Waals surface area contributed by atoms with Gasteiger partial charge in [-0.3, -0.25) is 24.1 Å². The number of aryl methyl sites for hydroxylation is 1. The Morgan fingerprint density at radius 2 is 1.84 bits per heavy atom. The maximum atomic E-state index is 13.0. The normalized spacial score (nSPS) is 18.2. The predicted octanol–water partition coefficient (Wildman–Crippen LogP) is 4.11. The molecule has 3 heterocycles. The molecule has 3 amide bonds. The second-order valence-corrected chi connectivity index (χ2v) is 9.16. The number of fused-ring (bicyclic) bond motifs is 2. The van der Waals surface area contributed by atoms with Crippen molar-refractivity contribution in [3.63, 3.8) is 0 Å². The SMILES string of the molecule is C=C1CCC(N2C(=O)c3ccc(CCC(=O)c4cc5ccccc5s4)cc3C2=O)C(=O)N1. The van der Waals surface area contributed by atoms with Crippen molar-refractivity contribution in [2.24, 2.45) is 0 Å². The quantitative estimate of drug-likeness (QED) is 0.474. The van der Waals surface area contributed by atoms with E-state index >= 15 is 0 Å². The number of piperidine rings is 1. The van der Waals surface area contributed by atoms with Gasteiger partial charge in [-0.15, -0.1) is 11.3 Å². The maximum Gasteiger partial charge on any atom is 0.262 e. The summed E-state index contributed by atoms with van der Waals surface area (Å²) in [5.41, 5.74) is 1.99. The highest BCUT2D eigenvalue weighted by atomic mass is 32.1. The van der Waals surface area contributed by atoms with Crippen molar-refractivity contribution < 1.29 is 19.2 Å². The van der Waals surface area contributed by atoms with E-state index in [0.29, 0.717) is 42.5 Å². The third-order valence-corrected chi connectivity index (χ3v) is 7.11. The molecule has 1 unspecified atom stereocenters. The number of nitrogens with one attached hydrogen (secondary N) is 1. The molecule has 0 saturated carbocycles. The number of imide groups is 1. The van der Waals surface area contributed by atoms with Crippen molar-refractivity contribution in [1.82, 2.24) is 10.2 Å². The standard InChI is InChI=1S/C25H20N2O4S/c1-14-6-10-19(23(29)26-14)27-24(30)17-9-7-15(12-18(17)25(27)31)8-11-20(28)22-13-16-4-2-3-5-21(16)32-22/h2-5,7,9,12-13,19H,1,6,8,10-11H2,(H,26,29). The van der Waals surface area contributed by atoms with Crippen molar-refractivity contribution >= 4 is 44.9 Å². The lowest BCUT2D eigenvalue weighted by Gasteiger charge is -2.29. The fourth-order valence-corrected chi connectivity index (χ4v) is 5.28. The molecule has 6 nitrogen and oxygen atoms in total. The Hall–Kier alpha value is -3.58. The summed E-state index contributed by atoms with van der Waals surface area (Å²) >= 11 is 1.48. The Morgan fingerprint density at radius 3 is 2.62 bits per heavy atom. The summed E-state index contributed by atoms with van der Waals surface area (Å²) in [6, 6.07) is 14.0. The summed E-state index contributed by atoms with van der Waals surface area (Å²) in [5, 5.41) is 3.68. The van der Waals surface area contributed by atoms with Crippen LogP contribution in [0.3, 0.4) is 0 Å². The van der Waals surface area contributed by atoms with Gasteiger partial charge in [-0.1, -0.05) is 30.8 Å². The van der Waals surface area contributed by atoms with Crippen LogP contribution in [0.15, 0.2) is 60.8 Å². The van der Waals surface area contributed by atoms with Crippen LogP contribution in [0.2, 0.25) is 0 Å². The molecule has 3 aromatic rings. The zero-order chi connectivity index (χ0) is 22.4. The summed E-state index contributed by atoms with van der Waals surface area (Å²) in [7, 11) is 0. The van der Waals surface area contributed by atoms with E-state index in [9.17, 15) is 19.2 Å². The average Bonchev–Trinajstić information content (AvgIpc) is 3.32. The van der Waals surface area contributed by atoms with Crippen LogP contribution in [0.25, 0.3) is 10.1 Å². The Bertz CT molecular complexity index is 1290. The molecule has 160 valence electrons.